The van der Waals surface area contributed by atoms with E-state index in [1.807, 2.05) is 19.1 Å². The highest BCUT2D eigenvalue weighted by molar-refractivity contribution is 5.90. The van der Waals surface area contributed by atoms with Crippen LogP contribution in [0.5, 0.6) is 5.75 Å². The Morgan fingerprint density at radius 3 is 2.74 bits per heavy atom. The van der Waals surface area contributed by atoms with Gasteiger partial charge in [-0.2, -0.15) is 0 Å². The Hall–Kier alpha value is -3.94. The van der Waals surface area contributed by atoms with E-state index in [4.69, 9.17) is 9.15 Å². The van der Waals surface area contributed by atoms with Crippen LogP contribution in [-0.2, 0) is 0 Å². The summed E-state index contributed by atoms with van der Waals surface area (Å²) in [4.78, 5) is 19.3. The predicted molar refractivity (Wildman–Crippen MR) is 125 cm³/mol. The molecule has 0 spiro atoms. The SMILES string of the molecule is CCOc1ccc(NC(=O)N2CCCC2c2nc3cc(-c4ccc(F)cc4F)ccc3o2)cc1. The molecule has 34 heavy (non-hydrogen) atoms. The van der Waals surface area contributed by atoms with Gasteiger partial charge in [0.25, 0.3) is 0 Å². The minimum absolute atomic E-state index is 0.233. The largest absolute Gasteiger partial charge is 0.494 e. The molecule has 0 radical (unpaired) electrons. The smallest absolute Gasteiger partial charge is 0.322 e. The molecule has 1 aliphatic rings. The Labute approximate surface area is 195 Å². The number of ether oxygens (including phenoxy) is 1. The van der Waals surface area contributed by atoms with Gasteiger partial charge >= 0.3 is 6.03 Å². The van der Waals surface area contributed by atoms with Crippen molar-refractivity contribution >= 4 is 22.8 Å². The van der Waals surface area contributed by atoms with Crippen LogP contribution in [0, 0.1) is 11.6 Å². The van der Waals surface area contributed by atoms with E-state index in [-0.39, 0.29) is 17.6 Å². The number of aromatic nitrogens is 1. The number of anilines is 1. The number of hydrogen-bond donors (Lipinski definition) is 1. The number of amides is 2. The number of halogens is 2. The van der Waals surface area contributed by atoms with Crippen LogP contribution < -0.4 is 10.1 Å². The molecule has 0 aliphatic carbocycles. The Morgan fingerprint density at radius 2 is 1.97 bits per heavy atom. The van der Waals surface area contributed by atoms with E-state index in [2.05, 4.69) is 10.3 Å². The normalized spacial score (nSPS) is 15.6. The lowest BCUT2D eigenvalue weighted by molar-refractivity contribution is 0.199. The Kier molecular flexibility index (Phi) is 5.88. The van der Waals surface area contributed by atoms with E-state index < -0.39 is 11.6 Å². The van der Waals surface area contributed by atoms with Gasteiger partial charge in [-0.3, -0.25) is 0 Å². The van der Waals surface area contributed by atoms with Gasteiger partial charge in [-0.05, 0) is 73.9 Å². The molecule has 3 aromatic carbocycles. The first-order valence-corrected chi connectivity index (χ1v) is 11.2. The number of benzene rings is 3. The summed E-state index contributed by atoms with van der Waals surface area (Å²) < 4.78 is 38.9. The average Bonchev–Trinajstić information content (AvgIpc) is 3.47. The number of fused-ring (bicyclic) bond motifs is 1. The summed E-state index contributed by atoms with van der Waals surface area (Å²) in [6.45, 7) is 3.07. The second kappa shape index (κ2) is 9.13. The van der Waals surface area contributed by atoms with Crippen molar-refractivity contribution in [3.63, 3.8) is 0 Å². The van der Waals surface area contributed by atoms with Crippen molar-refractivity contribution in [2.45, 2.75) is 25.8 Å². The fourth-order valence-corrected chi connectivity index (χ4v) is 4.24. The van der Waals surface area contributed by atoms with Crippen LogP contribution >= 0.6 is 0 Å². The number of carbonyl (C=O) groups excluding carboxylic acids is 1. The molecular formula is C26H23F2N3O3. The molecule has 1 N–H and O–H groups in total. The van der Waals surface area contributed by atoms with Crippen LogP contribution in [-0.4, -0.2) is 29.1 Å². The lowest BCUT2D eigenvalue weighted by Gasteiger charge is -2.22. The molecule has 1 atom stereocenters. The van der Waals surface area contributed by atoms with Gasteiger partial charge in [0.05, 0.1) is 6.61 Å². The predicted octanol–water partition coefficient (Wildman–Crippen LogP) is 6.54. The number of likely N-dealkylation sites (tertiary alicyclic amines) is 1. The summed E-state index contributed by atoms with van der Waals surface area (Å²) in [6, 6.07) is 15.3. The maximum absolute atomic E-state index is 14.2. The number of oxazole rings is 1. The minimum Gasteiger partial charge on any atom is -0.494 e. The third-order valence-electron chi connectivity index (χ3n) is 5.86. The zero-order chi connectivity index (χ0) is 23.7. The van der Waals surface area contributed by atoms with Crippen molar-refractivity contribution < 1.29 is 22.7 Å². The maximum atomic E-state index is 14.2. The molecule has 6 nitrogen and oxygen atoms in total. The van der Waals surface area contributed by atoms with Crippen LogP contribution in [0.25, 0.3) is 22.2 Å². The topological polar surface area (TPSA) is 67.6 Å². The van der Waals surface area contributed by atoms with Gasteiger partial charge in [-0.1, -0.05) is 6.07 Å². The molecule has 1 saturated heterocycles. The number of carbonyl (C=O) groups is 1. The Bertz CT molecular complexity index is 1340. The molecule has 1 fully saturated rings. The standard InChI is InChI=1S/C26H23F2N3O3/c1-2-33-19-9-7-18(8-10-19)29-26(32)31-13-3-4-23(31)25-30-22-14-16(5-12-24(22)34-25)20-11-6-17(27)15-21(20)28/h5-12,14-15,23H,2-4,13H2,1H3,(H,29,32). The molecule has 2 heterocycles. The molecule has 1 aromatic heterocycles. The van der Waals surface area contributed by atoms with Gasteiger partial charge in [0.15, 0.2) is 5.58 Å². The molecule has 8 heteroatoms. The molecular weight excluding hydrogens is 440 g/mol. The Balaban J connectivity index is 1.36. The van der Waals surface area contributed by atoms with Crippen molar-refractivity contribution in [2.75, 3.05) is 18.5 Å². The van der Waals surface area contributed by atoms with Crippen LogP contribution in [0.1, 0.15) is 31.7 Å². The molecule has 0 bridgehead atoms. The fourth-order valence-electron chi connectivity index (χ4n) is 4.24. The van der Waals surface area contributed by atoms with Crippen LogP contribution in [0.4, 0.5) is 19.3 Å². The highest BCUT2D eigenvalue weighted by Gasteiger charge is 2.33. The molecule has 0 saturated carbocycles. The lowest BCUT2D eigenvalue weighted by atomic mass is 10.0. The quantitative estimate of drug-likeness (QED) is 0.365. The van der Waals surface area contributed by atoms with Gasteiger partial charge in [-0.15, -0.1) is 0 Å². The van der Waals surface area contributed by atoms with E-state index in [1.54, 1.807) is 35.2 Å². The molecule has 174 valence electrons. The van der Waals surface area contributed by atoms with E-state index >= 15 is 0 Å². The summed E-state index contributed by atoms with van der Waals surface area (Å²) in [5.41, 5.74) is 2.61. The highest BCUT2D eigenvalue weighted by atomic mass is 19.1. The van der Waals surface area contributed by atoms with E-state index in [0.717, 1.165) is 24.7 Å². The molecule has 2 amide bonds. The Morgan fingerprint density at radius 1 is 1.15 bits per heavy atom. The second-order valence-electron chi connectivity index (χ2n) is 8.10. The van der Waals surface area contributed by atoms with Gasteiger partial charge in [-0.25, -0.2) is 18.6 Å². The minimum atomic E-state index is -0.643. The summed E-state index contributed by atoms with van der Waals surface area (Å²) in [7, 11) is 0. The van der Waals surface area contributed by atoms with E-state index in [1.165, 1.54) is 12.1 Å². The fraction of sp³-hybridized carbons (Fsp3) is 0.231. The number of urea groups is 1. The van der Waals surface area contributed by atoms with Crippen molar-refractivity contribution in [3.05, 3.63) is 78.2 Å². The highest BCUT2D eigenvalue weighted by Crippen LogP contribution is 2.35. The van der Waals surface area contributed by atoms with E-state index in [0.29, 0.717) is 41.4 Å². The molecule has 1 aliphatic heterocycles. The van der Waals surface area contributed by atoms with Crippen LogP contribution in [0.2, 0.25) is 0 Å². The van der Waals surface area contributed by atoms with E-state index in [9.17, 15) is 13.6 Å². The van der Waals surface area contributed by atoms with Gasteiger partial charge in [0.2, 0.25) is 5.89 Å². The molecule has 5 rings (SSSR count). The molecule has 4 aromatic rings. The maximum Gasteiger partial charge on any atom is 0.322 e. The lowest BCUT2D eigenvalue weighted by Crippen LogP contribution is -2.34. The van der Waals surface area contributed by atoms with Gasteiger partial charge < -0.3 is 19.4 Å². The second-order valence-corrected chi connectivity index (χ2v) is 8.10. The zero-order valence-electron chi connectivity index (χ0n) is 18.6. The van der Waals surface area contributed by atoms with Gasteiger partial charge in [0.1, 0.15) is 28.9 Å². The van der Waals surface area contributed by atoms with Crippen molar-refractivity contribution in [2.24, 2.45) is 0 Å². The summed E-state index contributed by atoms with van der Waals surface area (Å²) in [5, 5.41) is 2.92. The summed E-state index contributed by atoms with van der Waals surface area (Å²) in [6.07, 6.45) is 1.55. The van der Waals surface area contributed by atoms with Crippen molar-refractivity contribution in [1.82, 2.24) is 9.88 Å². The number of nitrogens with one attached hydrogen (secondary N) is 1. The number of nitrogens with zero attached hydrogens (tertiary/aromatic N) is 2. The van der Waals surface area contributed by atoms with Crippen LogP contribution in [0.3, 0.4) is 0 Å². The third kappa shape index (κ3) is 4.31. The number of hydrogen-bond acceptors (Lipinski definition) is 4. The first-order chi connectivity index (χ1) is 16.5. The zero-order valence-corrected chi connectivity index (χ0v) is 18.6. The van der Waals surface area contributed by atoms with Crippen molar-refractivity contribution in [1.29, 1.82) is 0 Å². The first kappa shape index (κ1) is 21.9. The number of rotatable bonds is 5. The van der Waals surface area contributed by atoms with Crippen LogP contribution in [0.15, 0.2) is 65.1 Å². The van der Waals surface area contributed by atoms with Crippen molar-refractivity contribution in [3.8, 4) is 16.9 Å². The third-order valence-corrected chi connectivity index (χ3v) is 5.86. The first-order valence-electron chi connectivity index (χ1n) is 11.2. The molecule has 1 unspecified atom stereocenters. The average molecular weight is 463 g/mol. The van der Waals surface area contributed by atoms with Gasteiger partial charge in [0, 0.05) is 23.9 Å². The summed E-state index contributed by atoms with van der Waals surface area (Å²) >= 11 is 0. The monoisotopic (exact) mass is 463 g/mol. The summed E-state index contributed by atoms with van der Waals surface area (Å²) in [5.74, 6) is -0.0936.